The van der Waals surface area contributed by atoms with E-state index in [0.717, 1.165) is 24.8 Å². The molecule has 0 aliphatic carbocycles. The van der Waals surface area contributed by atoms with Gasteiger partial charge in [-0.15, -0.1) is 0 Å². The van der Waals surface area contributed by atoms with E-state index < -0.39 is 0 Å². The average Bonchev–Trinajstić information content (AvgIpc) is 3.08. The number of carbonyl (C=O) groups is 1. The molecule has 1 N–H and O–H groups in total. The summed E-state index contributed by atoms with van der Waals surface area (Å²) in [5.74, 6) is 0.0211. The molecule has 24 heavy (non-hydrogen) atoms. The van der Waals surface area contributed by atoms with E-state index in [4.69, 9.17) is 0 Å². The van der Waals surface area contributed by atoms with Crippen LogP contribution in [0.5, 0.6) is 0 Å². The van der Waals surface area contributed by atoms with Crippen LogP contribution in [-0.2, 0) is 0 Å². The number of carbonyl (C=O) groups excluding carboxylic acids is 1. The van der Waals surface area contributed by atoms with Crippen LogP contribution < -0.4 is 5.56 Å². The highest BCUT2D eigenvalue weighted by atomic mass is 16.2. The van der Waals surface area contributed by atoms with E-state index in [1.807, 2.05) is 23.1 Å². The van der Waals surface area contributed by atoms with Crippen LogP contribution in [0.1, 0.15) is 36.5 Å². The number of rotatable bonds is 5. The zero-order valence-electron chi connectivity index (χ0n) is 13.7. The van der Waals surface area contributed by atoms with Crippen molar-refractivity contribution in [3.63, 3.8) is 0 Å². The van der Waals surface area contributed by atoms with Gasteiger partial charge in [-0.25, -0.2) is 4.98 Å². The number of aromatic amines is 1. The first-order valence-corrected chi connectivity index (χ1v) is 8.32. The summed E-state index contributed by atoms with van der Waals surface area (Å²) in [6, 6.07) is 8.92. The van der Waals surface area contributed by atoms with E-state index >= 15 is 0 Å². The second kappa shape index (κ2) is 7.25. The van der Waals surface area contributed by atoms with Gasteiger partial charge in [0.1, 0.15) is 0 Å². The molecule has 1 amide bonds. The third-order valence-electron chi connectivity index (χ3n) is 4.26. The van der Waals surface area contributed by atoms with Crippen LogP contribution in [0.4, 0.5) is 0 Å². The van der Waals surface area contributed by atoms with Crippen molar-refractivity contribution in [3.8, 4) is 11.3 Å². The highest BCUT2D eigenvalue weighted by Crippen LogP contribution is 2.22. The zero-order chi connectivity index (χ0) is 16.9. The fraction of sp³-hybridized carbons (Fsp3) is 0.316. The summed E-state index contributed by atoms with van der Waals surface area (Å²) in [6.07, 6.45) is 8.77. The Morgan fingerprint density at radius 2 is 2.25 bits per heavy atom. The minimum atomic E-state index is -0.208. The van der Waals surface area contributed by atoms with Gasteiger partial charge >= 0.3 is 0 Å². The fourth-order valence-corrected chi connectivity index (χ4v) is 2.97. The topological polar surface area (TPSA) is 66.1 Å². The summed E-state index contributed by atoms with van der Waals surface area (Å²) >= 11 is 0. The second-order valence-electron chi connectivity index (χ2n) is 5.97. The van der Waals surface area contributed by atoms with Crippen LogP contribution in [0.3, 0.4) is 0 Å². The Morgan fingerprint density at radius 1 is 1.38 bits per heavy atom. The Hall–Kier alpha value is -2.69. The lowest BCUT2D eigenvalue weighted by Gasteiger charge is -2.24. The van der Waals surface area contributed by atoms with Crippen molar-refractivity contribution in [1.82, 2.24) is 14.9 Å². The fourth-order valence-electron chi connectivity index (χ4n) is 2.97. The summed E-state index contributed by atoms with van der Waals surface area (Å²) in [5.41, 5.74) is 1.75. The van der Waals surface area contributed by atoms with Crippen molar-refractivity contribution < 1.29 is 4.79 Å². The first-order valence-electron chi connectivity index (χ1n) is 8.32. The summed E-state index contributed by atoms with van der Waals surface area (Å²) in [5, 5.41) is 0. The van der Waals surface area contributed by atoms with Gasteiger partial charge in [0.05, 0.1) is 18.1 Å². The number of H-pyrrole nitrogens is 1. The Bertz CT molecular complexity index is 810. The van der Waals surface area contributed by atoms with Crippen LogP contribution in [0.25, 0.3) is 11.3 Å². The molecule has 2 heterocycles. The third kappa shape index (κ3) is 3.45. The van der Waals surface area contributed by atoms with Crippen LogP contribution in [0, 0.1) is 0 Å². The Labute approximate surface area is 141 Å². The summed E-state index contributed by atoms with van der Waals surface area (Å²) in [7, 11) is 0. The van der Waals surface area contributed by atoms with Crippen LogP contribution in [0.2, 0.25) is 0 Å². The highest BCUT2D eigenvalue weighted by Gasteiger charge is 2.25. The van der Waals surface area contributed by atoms with Gasteiger partial charge in [0.2, 0.25) is 0 Å². The number of amides is 1. The minimum Gasteiger partial charge on any atom is -0.328 e. The number of hydrogen-bond donors (Lipinski definition) is 1. The maximum atomic E-state index is 12.9. The van der Waals surface area contributed by atoms with E-state index in [9.17, 15) is 9.59 Å². The van der Waals surface area contributed by atoms with Crippen LogP contribution >= 0.6 is 0 Å². The normalized spacial score (nSPS) is 16.5. The molecule has 0 bridgehead atoms. The molecule has 0 fully saturated rings. The van der Waals surface area contributed by atoms with E-state index in [-0.39, 0.29) is 17.5 Å². The van der Waals surface area contributed by atoms with E-state index in [0.29, 0.717) is 17.8 Å². The molecule has 0 saturated heterocycles. The van der Waals surface area contributed by atoms with E-state index in [1.54, 1.807) is 6.07 Å². The molecule has 1 atom stereocenters. The maximum absolute atomic E-state index is 12.9. The SMILES string of the molecule is CCCC[C@@H]1C=CCN1C(=O)c1cccc(-c2cc(=O)[nH]cn2)c1. The number of nitrogens with zero attached hydrogens (tertiary/aromatic N) is 2. The molecule has 124 valence electrons. The van der Waals surface area contributed by atoms with Crippen molar-refractivity contribution in [2.75, 3.05) is 6.54 Å². The Kier molecular flexibility index (Phi) is 4.89. The first kappa shape index (κ1) is 16.2. The summed E-state index contributed by atoms with van der Waals surface area (Å²) in [6.45, 7) is 2.81. The smallest absolute Gasteiger partial charge is 0.254 e. The van der Waals surface area contributed by atoms with Crippen molar-refractivity contribution in [1.29, 1.82) is 0 Å². The number of aromatic nitrogens is 2. The molecule has 1 aromatic heterocycles. The largest absolute Gasteiger partial charge is 0.328 e. The molecule has 0 unspecified atom stereocenters. The Balaban J connectivity index is 1.83. The second-order valence-corrected chi connectivity index (χ2v) is 5.97. The lowest BCUT2D eigenvalue weighted by molar-refractivity contribution is 0.0743. The van der Waals surface area contributed by atoms with Gasteiger partial charge in [0, 0.05) is 23.7 Å². The predicted molar refractivity (Wildman–Crippen MR) is 93.8 cm³/mol. The molecule has 0 spiro atoms. The van der Waals surface area contributed by atoms with Gasteiger partial charge in [-0.3, -0.25) is 9.59 Å². The molecular weight excluding hydrogens is 302 g/mol. The molecule has 1 aliphatic rings. The lowest BCUT2D eigenvalue weighted by Crippen LogP contribution is -2.36. The number of unbranched alkanes of at least 4 members (excludes halogenated alkanes) is 1. The monoisotopic (exact) mass is 323 g/mol. The van der Waals surface area contributed by atoms with Gasteiger partial charge in [-0.1, -0.05) is 44.1 Å². The van der Waals surface area contributed by atoms with Crippen LogP contribution in [0.15, 0.2) is 53.6 Å². The quantitative estimate of drug-likeness (QED) is 0.860. The maximum Gasteiger partial charge on any atom is 0.254 e. The summed E-state index contributed by atoms with van der Waals surface area (Å²) in [4.78, 5) is 32.9. The number of nitrogens with one attached hydrogen (secondary N) is 1. The van der Waals surface area contributed by atoms with Crippen molar-refractivity contribution in [3.05, 3.63) is 64.7 Å². The van der Waals surface area contributed by atoms with Gasteiger partial charge < -0.3 is 9.88 Å². The molecular formula is C19H21N3O2. The molecule has 5 heteroatoms. The standard InChI is InChI=1S/C19H21N3O2/c1-2-3-8-16-9-5-10-22(16)19(24)15-7-4-6-14(11-15)17-12-18(23)21-13-20-17/h4-7,9,11-13,16H,2-3,8,10H2,1H3,(H,20,21,23)/t16-/m1/s1. The first-order chi connectivity index (χ1) is 11.7. The molecule has 1 aliphatic heterocycles. The Morgan fingerprint density at radius 3 is 3.04 bits per heavy atom. The minimum absolute atomic E-state index is 0.0211. The molecule has 3 rings (SSSR count). The molecule has 5 nitrogen and oxygen atoms in total. The van der Waals surface area contributed by atoms with Gasteiger partial charge in [0.25, 0.3) is 11.5 Å². The van der Waals surface area contributed by atoms with Crippen molar-refractivity contribution >= 4 is 5.91 Å². The average molecular weight is 323 g/mol. The van der Waals surface area contributed by atoms with E-state index in [1.165, 1.54) is 12.4 Å². The third-order valence-corrected chi connectivity index (χ3v) is 4.26. The van der Waals surface area contributed by atoms with Gasteiger partial charge in [0.15, 0.2) is 0 Å². The molecule has 2 aromatic rings. The number of benzene rings is 1. The van der Waals surface area contributed by atoms with Crippen molar-refractivity contribution in [2.45, 2.75) is 32.2 Å². The van der Waals surface area contributed by atoms with E-state index in [2.05, 4.69) is 29.0 Å². The van der Waals surface area contributed by atoms with Gasteiger partial charge in [-0.05, 0) is 18.6 Å². The van der Waals surface area contributed by atoms with Crippen LogP contribution in [-0.4, -0.2) is 33.4 Å². The lowest BCUT2D eigenvalue weighted by atomic mass is 10.1. The highest BCUT2D eigenvalue weighted by molar-refractivity contribution is 5.96. The predicted octanol–water partition coefficient (Wildman–Crippen LogP) is 3.01. The van der Waals surface area contributed by atoms with Crippen molar-refractivity contribution in [2.24, 2.45) is 0 Å². The summed E-state index contributed by atoms with van der Waals surface area (Å²) < 4.78 is 0. The zero-order valence-corrected chi connectivity index (χ0v) is 13.7. The molecule has 0 saturated carbocycles. The number of hydrogen-bond acceptors (Lipinski definition) is 3. The molecule has 1 aromatic carbocycles. The molecule has 0 radical (unpaired) electrons. The van der Waals surface area contributed by atoms with Gasteiger partial charge in [-0.2, -0.15) is 0 Å².